The number of fused-ring (bicyclic) bond motifs is 1. The Morgan fingerprint density at radius 1 is 1.20 bits per heavy atom. The van der Waals surface area contributed by atoms with Gasteiger partial charge in [-0.15, -0.1) is 0 Å². The zero-order chi connectivity index (χ0) is 18.0. The van der Waals surface area contributed by atoms with Gasteiger partial charge in [0.25, 0.3) is 11.5 Å². The van der Waals surface area contributed by atoms with Gasteiger partial charge in [0.05, 0.1) is 24.1 Å². The predicted octanol–water partition coefficient (Wildman–Crippen LogP) is -0.276. The number of piperazine rings is 1. The molecule has 25 heavy (non-hydrogen) atoms. The van der Waals surface area contributed by atoms with Crippen molar-refractivity contribution in [3.8, 4) is 0 Å². The van der Waals surface area contributed by atoms with Crippen molar-refractivity contribution >= 4 is 16.8 Å². The number of hydrogen-bond donors (Lipinski definition) is 1. The van der Waals surface area contributed by atoms with E-state index in [1.54, 1.807) is 23.1 Å². The fourth-order valence-corrected chi connectivity index (χ4v) is 2.97. The highest BCUT2D eigenvalue weighted by Crippen LogP contribution is 2.13. The Hall–Kier alpha value is -2.45. The minimum absolute atomic E-state index is 0.0839. The third-order valence-corrected chi connectivity index (χ3v) is 4.54. The van der Waals surface area contributed by atoms with E-state index in [4.69, 9.17) is 4.74 Å². The quantitative estimate of drug-likeness (QED) is 0.823. The zero-order valence-electron chi connectivity index (χ0n) is 14.4. The van der Waals surface area contributed by atoms with Gasteiger partial charge in [0.2, 0.25) is 0 Å². The molecule has 8 heteroatoms. The molecule has 0 bridgehead atoms. The van der Waals surface area contributed by atoms with Crippen LogP contribution in [0.4, 0.5) is 0 Å². The molecular weight excluding hydrogens is 324 g/mol. The number of aromatic nitrogens is 2. The molecule has 1 saturated heterocycles. The Morgan fingerprint density at radius 2 is 1.92 bits per heavy atom. The largest absolute Gasteiger partial charge is 0.383 e. The van der Waals surface area contributed by atoms with E-state index in [0.717, 1.165) is 17.7 Å². The van der Waals surface area contributed by atoms with Crippen molar-refractivity contribution < 1.29 is 9.53 Å². The molecule has 2 aromatic rings. The Morgan fingerprint density at radius 3 is 2.60 bits per heavy atom. The van der Waals surface area contributed by atoms with Crippen molar-refractivity contribution in [2.45, 2.75) is 6.54 Å². The number of ether oxygens (including phenoxy) is 1. The smallest absolute Gasteiger partial charge is 0.328 e. The Bertz CT molecular complexity index is 894. The summed E-state index contributed by atoms with van der Waals surface area (Å²) in [6.45, 7) is 3.46. The summed E-state index contributed by atoms with van der Waals surface area (Å²) < 4.78 is 6.03. The minimum Gasteiger partial charge on any atom is -0.383 e. The van der Waals surface area contributed by atoms with E-state index in [0.29, 0.717) is 29.6 Å². The van der Waals surface area contributed by atoms with E-state index < -0.39 is 5.69 Å². The first kappa shape index (κ1) is 17.4. The molecule has 0 unspecified atom stereocenters. The predicted molar refractivity (Wildman–Crippen MR) is 94.1 cm³/mol. The van der Waals surface area contributed by atoms with Crippen LogP contribution in [0.5, 0.6) is 0 Å². The van der Waals surface area contributed by atoms with Gasteiger partial charge >= 0.3 is 5.69 Å². The summed E-state index contributed by atoms with van der Waals surface area (Å²) in [5, 5.41) is 0.380. The van der Waals surface area contributed by atoms with Gasteiger partial charge < -0.3 is 19.5 Å². The minimum atomic E-state index is -0.501. The van der Waals surface area contributed by atoms with Gasteiger partial charge in [-0.3, -0.25) is 14.2 Å². The normalized spacial score (nSPS) is 15.7. The Balaban J connectivity index is 1.94. The van der Waals surface area contributed by atoms with Gasteiger partial charge in [0, 0.05) is 38.9 Å². The second-order valence-electron chi connectivity index (χ2n) is 6.24. The van der Waals surface area contributed by atoms with Crippen LogP contribution in [0, 0.1) is 0 Å². The topological polar surface area (TPSA) is 87.6 Å². The van der Waals surface area contributed by atoms with Crippen molar-refractivity contribution in [1.82, 2.24) is 19.4 Å². The fraction of sp³-hybridized carbons (Fsp3) is 0.471. The molecule has 1 aromatic carbocycles. The number of carbonyl (C=O) groups is 1. The monoisotopic (exact) mass is 346 g/mol. The summed E-state index contributed by atoms with van der Waals surface area (Å²) in [6.07, 6.45) is 0. The molecule has 1 fully saturated rings. The summed E-state index contributed by atoms with van der Waals surface area (Å²) in [4.78, 5) is 43.9. The standard InChI is InChI=1S/C17H22N4O4/c1-19-5-7-20(8-6-19)15(22)12-3-4-13-14(11-12)18-17(24)21(16(13)23)9-10-25-2/h3-4,11H,5-10H2,1-2H3,(H,18,24). The number of nitrogens with zero attached hydrogens (tertiary/aromatic N) is 3. The maximum Gasteiger partial charge on any atom is 0.328 e. The van der Waals surface area contributed by atoms with Gasteiger partial charge in [-0.25, -0.2) is 4.79 Å². The lowest BCUT2D eigenvalue weighted by Crippen LogP contribution is -2.47. The van der Waals surface area contributed by atoms with Crippen LogP contribution in [0.1, 0.15) is 10.4 Å². The number of methoxy groups -OCH3 is 1. The molecule has 0 spiro atoms. The first-order chi connectivity index (χ1) is 12.0. The van der Waals surface area contributed by atoms with Gasteiger partial charge in [-0.05, 0) is 25.2 Å². The van der Waals surface area contributed by atoms with Crippen molar-refractivity contribution in [1.29, 1.82) is 0 Å². The molecule has 0 radical (unpaired) electrons. The van der Waals surface area contributed by atoms with Gasteiger partial charge in [0.15, 0.2) is 0 Å². The van der Waals surface area contributed by atoms with E-state index in [1.807, 2.05) is 7.05 Å². The second-order valence-corrected chi connectivity index (χ2v) is 6.24. The number of aromatic amines is 1. The molecule has 8 nitrogen and oxygen atoms in total. The van der Waals surface area contributed by atoms with Crippen LogP contribution in [-0.4, -0.2) is 72.2 Å². The number of benzene rings is 1. The molecule has 1 aliphatic heterocycles. The highest BCUT2D eigenvalue weighted by atomic mass is 16.5. The first-order valence-electron chi connectivity index (χ1n) is 8.25. The number of H-pyrrole nitrogens is 1. The fourth-order valence-electron chi connectivity index (χ4n) is 2.97. The van der Waals surface area contributed by atoms with Crippen LogP contribution < -0.4 is 11.2 Å². The molecular formula is C17H22N4O4. The molecule has 1 aromatic heterocycles. The summed E-state index contributed by atoms with van der Waals surface area (Å²) >= 11 is 0. The van der Waals surface area contributed by atoms with Gasteiger partial charge in [-0.1, -0.05) is 0 Å². The molecule has 134 valence electrons. The molecule has 2 heterocycles. The summed E-state index contributed by atoms with van der Waals surface area (Å²) in [5.74, 6) is -0.0839. The van der Waals surface area contributed by atoms with Crippen LogP contribution in [0.2, 0.25) is 0 Å². The maximum atomic E-state index is 12.6. The maximum absolute atomic E-state index is 12.6. The summed E-state index contributed by atoms with van der Waals surface area (Å²) in [7, 11) is 3.54. The van der Waals surface area contributed by atoms with Crippen LogP contribution in [0.25, 0.3) is 10.9 Å². The number of likely N-dealkylation sites (N-methyl/N-ethyl adjacent to an activating group) is 1. The van der Waals surface area contributed by atoms with Crippen LogP contribution >= 0.6 is 0 Å². The number of amides is 1. The first-order valence-corrected chi connectivity index (χ1v) is 8.25. The van der Waals surface area contributed by atoms with Crippen molar-refractivity contribution in [3.63, 3.8) is 0 Å². The van der Waals surface area contributed by atoms with Gasteiger partial charge in [-0.2, -0.15) is 0 Å². The van der Waals surface area contributed by atoms with Gasteiger partial charge in [0.1, 0.15) is 0 Å². The van der Waals surface area contributed by atoms with Crippen LogP contribution in [0.15, 0.2) is 27.8 Å². The number of nitrogens with one attached hydrogen (secondary N) is 1. The molecule has 1 aliphatic rings. The highest BCUT2D eigenvalue weighted by Gasteiger charge is 2.21. The Labute approximate surface area is 144 Å². The number of rotatable bonds is 4. The highest BCUT2D eigenvalue weighted by molar-refractivity contribution is 5.97. The number of carbonyl (C=O) groups excluding carboxylic acids is 1. The SMILES string of the molecule is COCCn1c(=O)[nH]c2cc(C(=O)N3CCN(C)CC3)ccc2c1=O. The van der Waals surface area contributed by atoms with E-state index in [-0.39, 0.29) is 24.6 Å². The van der Waals surface area contributed by atoms with Crippen LogP contribution in [0.3, 0.4) is 0 Å². The average molecular weight is 346 g/mol. The molecule has 0 atom stereocenters. The second kappa shape index (κ2) is 7.20. The van der Waals surface area contributed by atoms with E-state index in [9.17, 15) is 14.4 Å². The Kier molecular flexibility index (Phi) is 5.00. The molecule has 3 rings (SSSR count). The number of hydrogen-bond acceptors (Lipinski definition) is 5. The zero-order valence-corrected chi connectivity index (χ0v) is 14.4. The van der Waals surface area contributed by atoms with Crippen molar-refractivity contribution in [2.75, 3.05) is 46.9 Å². The lowest BCUT2D eigenvalue weighted by Gasteiger charge is -2.32. The van der Waals surface area contributed by atoms with E-state index in [2.05, 4.69) is 9.88 Å². The molecule has 0 saturated carbocycles. The van der Waals surface area contributed by atoms with Crippen molar-refractivity contribution in [2.24, 2.45) is 0 Å². The average Bonchev–Trinajstić information content (AvgIpc) is 2.61. The third kappa shape index (κ3) is 3.49. The molecule has 1 amide bonds. The van der Waals surface area contributed by atoms with Crippen molar-refractivity contribution in [3.05, 3.63) is 44.6 Å². The van der Waals surface area contributed by atoms with E-state index >= 15 is 0 Å². The lowest BCUT2D eigenvalue weighted by atomic mass is 10.1. The molecule has 0 aliphatic carbocycles. The summed E-state index contributed by atoms with van der Waals surface area (Å²) in [6, 6.07) is 4.82. The van der Waals surface area contributed by atoms with E-state index in [1.165, 1.54) is 7.11 Å². The van der Waals surface area contributed by atoms with Crippen LogP contribution in [-0.2, 0) is 11.3 Å². The molecule has 1 N–H and O–H groups in total. The lowest BCUT2D eigenvalue weighted by molar-refractivity contribution is 0.0664. The third-order valence-electron chi connectivity index (χ3n) is 4.54. The summed E-state index contributed by atoms with van der Waals surface area (Å²) in [5.41, 5.74) is -0.0291.